The molecule has 2 heterocycles. The van der Waals surface area contributed by atoms with Crippen molar-refractivity contribution in [3.63, 3.8) is 0 Å². The van der Waals surface area contributed by atoms with Crippen LogP contribution in [0.1, 0.15) is 12.0 Å². The van der Waals surface area contributed by atoms with Gasteiger partial charge in [-0.15, -0.1) is 0 Å². The van der Waals surface area contributed by atoms with E-state index in [-0.39, 0.29) is 5.57 Å². The number of imide groups is 1. The zero-order valence-corrected chi connectivity index (χ0v) is 12.9. The van der Waals surface area contributed by atoms with Crippen molar-refractivity contribution in [2.75, 3.05) is 39.4 Å². The summed E-state index contributed by atoms with van der Waals surface area (Å²) in [6.07, 6.45) is 0.687. The van der Waals surface area contributed by atoms with Gasteiger partial charge in [-0.1, -0.05) is 30.3 Å². The monoisotopic (exact) mass is 316 g/mol. The quantitative estimate of drug-likeness (QED) is 0.822. The van der Waals surface area contributed by atoms with Gasteiger partial charge in [-0.25, -0.2) is 0 Å². The predicted molar refractivity (Wildman–Crippen MR) is 84.6 cm³/mol. The number of aliphatic hydroxyl groups is 1. The van der Waals surface area contributed by atoms with Crippen molar-refractivity contribution >= 4 is 17.4 Å². The number of hydrogen-bond donors (Lipinski definition) is 1. The minimum Gasteiger partial charge on any atom is -0.502 e. The summed E-state index contributed by atoms with van der Waals surface area (Å²) in [6.45, 7) is 4.32. The average Bonchev–Trinajstić information content (AvgIpc) is 2.80. The van der Waals surface area contributed by atoms with Crippen LogP contribution in [0.2, 0.25) is 0 Å². The predicted octanol–water partition coefficient (Wildman–Crippen LogP) is 1.05. The molecule has 23 heavy (non-hydrogen) atoms. The van der Waals surface area contributed by atoms with Crippen molar-refractivity contribution < 1.29 is 19.4 Å². The number of benzene rings is 1. The summed E-state index contributed by atoms with van der Waals surface area (Å²) in [4.78, 5) is 28.0. The average molecular weight is 316 g/mol. The minimum absolute atomic E-state index is 0.0990. The Bertz CT molecular complexity index is 621. The second-order valence-electron chi connectivity index (χ2n) is 5.66. The van der Waals surface area contributed by atoms with Gasteiger partial charge in [-0.2, -0.15) is 0 Å². The van der Waals surface area contributed by atoms with Crippen molar-refractivity contribution in [1.82, 2.24) is 9.80 Å². The number of hydrogen-bond acceptors (Lipinski definition) is 5. The van der Waals surface area contributed by atoms with E-state index in [4.69, 9.17) is 4.74 Å². The van der Waals surface area contributed by atoms with Gasteiger partial charge in [0, 0.05) is 26.2 Å². The highest BCUT2D eigenvalue weighted by atomic mass is 16.5. The summed E-state index contributed by atoms with van der Waals surface area (Å²) >= 11 is 0. The smallest absolute Gasteiger partial charge is 0.296 e. The number of carbonyl (C=O) groups is 2. The Labute approximate surface area is 134 Å². The number of morpholine rings is 1. The highest BCUT2D eigenvalue weighted by Gasteiger charge is 2.38. The van der Waals surface area contributed by atoms with Crippen molar-refractivity contribution in [1.29, 1.82) is 0 Å². The van der Waals surface area contributed by atoms with E-state index in [2.05, 4.69) is 4.90 Å². The third-order valence-electron chi connectivity index (χ3n) is 4.17. The maximum atomic E-state index is 12.5. The Hall–Kier alpha value is -2.18. The zero-order chi connectivity index (χ0) is 16.2. The van der Waals surface area contributed by atoms with E-state index in [0.29, 0.717) is 18.5 Å². The van der Waals surface area contributed by atoms with Gasteiger partial charge in [-0.05, 0) is 12.0 Å². The fourth-order valence-corrected chi connectivity index (χ4v) is 2.91. The zero-order valence-electron chi connectivity index (χ0n) is 12.9. The first-order valence-electron chi connectivity index (χ1n) is 7.83. The molecule has 6 nitrogen and oxygen atoms in total. The van der Waals surface area contributed by atoms with Crippen LogP contribution in [0.25, 0.3) is 5.57 Å². The number of aliphatic hydroxyl groups excluding tert-OH is 1. The standard InChI is InChI=1S/C17H20N2O4/c20-15-14(13-5-2-1-3-6-13)16(21)19(17(15)22)8-4-7-18-9-11-23-12-10-18/h1-3,5-6,20H,4,7-12H2. The van der Waals surface area contributed by atoms with E-state index >= 15 is 0 Å². The third kappa shape index (κ3) is 3.28. The lowest BCUT2D eigenvalue weighted by Crippen LogP contribution is -2.39. The Morgan fingerprint density at radius 1 is 1.00 bits per heavy atom. The molecule has 0 unspecified atom stereocenters. The number of carbonyl (C=O) groups excluding carboxylic acids is 2. The number of ether oxygens (including phenoxy) is 1. The molecule has 0 spiro atoms. The molecule has 0 aromatic heterocycles. The molecule has 1 N–H and O–H groups in total. The molecule has 2 amide bonds. The van der Waals surface area contributed by atoms with Crippen LogP contribution >= 0.6 is 0 Å². The van der Waals surface area contributed by atoms with E-state index in [0.717, 1.165) is 37.7 Å². The van der Waals surface area contributed by atoms with Crippen LogP contribution in [-0.2, 0) is 14.3 Å². The summed E-state index contributed by atoms with van der Waals surface area (Å²) < 4.78 is 5.29. The summed E-state index contributed by atoms with van der Waals surface area (Å²) in [6, 6.07) is 8.80. The molecule has 0 atom stereocenters. The molecular formula is C17H20N2O4. The van der Waals surface area contributed by atoms with Crippen LogP contribution in [0.15, 0.2) is 36.1 Å². The molecule has 122 valence electrons. The first kappa shape index (κ1) is 15.7. The fraction of sp³-hybridized carbons (Fsp3) is 0.412. The molecule has 2 aliphatic heterocycles. The highest BCUT2D eigenvalue weighted by molar-refractivity contribution is 6.34. The highest BCUT2D eigenvalue weighted by Crippen LogP contribution is 2.27. The maximum absolute atomic E-state index is 12.5. The van der Waals surface area contributed by atoms with Crippen LogP contribution in [0, 0.1) is 0 Å². The molecule has 6 heteroatoms. The lowest BCUT2D eigenvalue weighted by molar-refractivity contribution is -0.138. The lowest BCUT2D eigenvalue weighted by atomic mass is 10.1. The van der Waals surface area contributed by atoms with Gasteiger partial charge in [0.2, 0.25) is 0 Å². The van der Waals surface area contributed by atoms with E-state index in [1.807, 2.05) is 6.07 Å². The second kappa shape index (κ2) is 6.93. The summed E-state index contributed by atoms with van der Waals surface area (Å²) in [5.74, 6) is -1.47. The van der Waals surface area contributed by atoms with Crippen molar-refractivity contribution in [3.8, 4) is 0 Å². The van der Waals surface area contributed by atoms with Crippen LogP contribution in [-0.4, -0.2) is 66.1 Å². The van der Waals surface area contributed by atoms with Gasteiger partial charge in [0.05, 0.1) is 18.8 Å². The third-order valence-corrected chi connectivity index (χ3v) is 4.17. The first-order chi connectivity index (χ1) is 11.2. The Morgan fingerprint density at radius 3 is 2.39 bits per heavy atom. The van der Waals surface area contributed by atoms with Gasteiger partial charge in [-0.3, -0.25) is 19.4 Å². The summed E-state index contributed by atoms with van der Waals surface area (Å²) in [7, 11) is 0. The van der Waals surface area contributed by atoms with E-state index in [1.165, 1.54) is 0 Å². The van der Waals surface area contributed by atoms with Gasteiger partial charge in [0.1, 0.15) is 0 Å². The second-order valence-corrected chi connectivity index (χ2v) is 5.66. The molecular weight excluding hydrogens is 296 g/mol. The van der Waals surface area contributed by atoms with Crippen LogP contribution in [0.3, 0.4) is 0 Å². The van der Waals surface area contributed by atoms with Gasteiger partial charge >= 0.3 is 0 Å². The summed E-state index contributed by atoms with van der Waals surface area (Å²) in [5.41, 5.74) is 0.668. The van der Waals surface area contributed by atoms with Crippen LogP contribution in [0.5, 0.6) is 0 Å². The molecule has 1 aromatic carbocycles. The van der Waals surface area contributed by atoms with Crippen molar-refractivity contribution in [2.45, 2.75) is 6.42 Å². The molecule has 0 radical (unpaired) electrons. The van der Waals surface area contributed by atoms with Gasteiger partial charge in [0.15, 0.2) is 5.76 Å². The number of amides is 2. The number of rotatable bonds is 5. The first-order valence-corrected chi connectivity index (χ1v) is 7.83. The fourth-order valence-electron chi connectivity index (χ4n) is 2.91. The molecule has 2 aliphatic rings. The molecule has 0 bridgehead atoms. The largest absolute Gasteiger partial charge is 0.502 e. The SMILES string of the molecule is O=C1C(O)=C(c2ccccc2)C(=O)N1CCCN1CCOCC1. The minimum atomic E-state index is -0.601. The van der Waals surface area contributed by atoms with Crippen molar-refractivity contribution in [2.24, 2.45) is 0 Å². The molecule has 0 aliphatic carbocycles. The Kier molecular flexibility index (Phi) is 4.73. The van der Waals surface area contributed by atoms with E-state index in [1.54, 1.807) is 24.3 Å². The Balaban J connectivity index is 1.62. The summed E-state index contributed by atoms with van der Waals surface area (Å²) in [5, 5.41) is 10.0. The van der Waals surface area contributed by atoms with Gasteiger partial charge < -0.3 is 9.84 Å². The van der Waals surface area contributed by atoms with Crippen molar-refractivity contribution in [3.05, 3.63) is 41.7 Å². The maximum Gasteiger partial charge on any atom is 0.296 e. The Morgan fingerprint density at radius 2 is 1.70 bits per heavy atom. The molecule has 1 fully saturated rings. The number of nitrogens with zero attached hydrogens (tertiary/aromatic N) is 2. The van der Waals surface area contributed by atoms with Crippen LogP contribution in [0.4, 0.5) is 0 Å². The molecule has 1 aromatic rings. The normalized spacial score (nSPS) is 19.7. The van der Waals surface area contributed by atoms with Gasteiger partial charge in [0.25, 0.3) is 11.8 Å². The van der Waals surface area contributed by atoms with E-state index < -0.39 is 17.6 Å². The van der Waals surface area contributed by atoms with Crippen LogP contribution < -0.4 is 0 Å². The topological polar surface area (TPSA) is 70.1 Å². The lowest BCUT2D eigenvalue weighted by Gasteiger charge is -2.27. The molecule has 0 saturated carbocycles. The molecule has 3 rings (SSSR count). The molecule has 1 saturated heterocycles. The van der Waals surface area contributed by atoms with E-state index in [9.17, 15) is 14.7 Å².